The summed E-state index contributed by atoms with van der Waals surface area (Å²) in [5.74, 6) is 3.35. The van der Waals surface area contributed by atoms with Gasteiger partial charge in [0.15, 0.2) is 0 Å². The molecule has 0 amide bonds. The molecule has 11 rings (SSSR count). The highest BCUT2D eigenvalue weighted by molar-refractivity contribution is 6.13. The first-order valence-electron chi connectivity index (χ1n) is 16.9. The Hall–Kier alpha value is -6.74. The number of hydrogen-bond acceptors (Lipinski definition) is 2. The molecule has 0 N–H and O–H groups in total. The Morgan fingerprint density at radius 2 is 0.560 bits per heavy atom. The van der Waals surface area contributed by atoms with Crippen molar-refractivity contribution in [1.29, 1.82) is 0 Å². The molecule has 8 aromatic rings. The van der Waals surface area contributed by atoms with Crippen LogP contribution in [0, 0.1) is 24.3 Å². The molecule has 2 heterocycles. The van der Waals surface area contributed by atoms with Crippen molar-refractivity contribution in [3.63, 3.8) is 0 Å². The van der Waals surface area contributed by atoms with E-state index in [1.54, 1.807) is 0 Å². The number of benzene rings is 7. The summed E-state index contributed by atoms with van der Waals surface area (Å²) in [6, 6.07) is 70.1. The van der Waals surface area contributed by atoms with E-state index in [0.29, 0.717) is 0 Å². The van der Waals surface area contributed by atoms with Crippen molar-refractivity contribution in [1.82, 2.24) is 0 Å². The second kappa shape index (κ2) is 9.90. The highest BCUT2D eigenvalue weighted by atomic mass is 16.5. The van der Waals surface area contributed by atoms with E-state index >= 15 is 0 Å². The highest BCUT2D eigenvalue weighted by Gasteiger charge is 2.65. The van der Waals surface area contributed by atoms with Gasteiger partial charge in [0.05, 0.1) is 10.8 Å². The van der Waals surface area contributed by atoms with E-state index in [2.05, 4.69) is 170 Å². The van der Waals surface area contributed by atoms with Crippen molar-refractivity contribution in [2.75, 3.05) is 0 Å². The van der Waals surface area contributed by atoms with Crippen LogP contribution in [0.4, 0.5) is 0 Å². The molecule has 0 unspecified atom stereocenters. The van der Waals surface area contributed by atoms with Crippen LogP contribution in [0.25, 0.3) is 32.3 Å². The summed E-state index contributed by atoms with van der Waals surface area (Å²) >= 11 is 0. The van der Waals surface area contributed by atoms with Gasteiger partial charge in [-0.1, -0.05) is 133 Å². The number of para-hydroxylation sites is 4. The normalized spacial score (nSPS) is 14.7. The van der Waals surface area contributed by atoms with Crippen LogP contribution in [-0.2, 0) is 10.8 Å². The minimum absolute atomic E-state index is 0.817. The third-order valence-corrected chi connectivity index (χ3v) is 10.9. The van der Waals surface area contributed by atoms with Gasteiger partial charge in [-0.2, -0.15) is 0 Å². The van der Waals surface area contributed by atoms with Crippen molar-refractivity contribution in [3.05, 3.63) is 215 Å². The molecule has 0 atom stereocenters. The number of hydrogen-bond donors (Lipinski definition) is 0. The van der Waals surface area contributed by atoms with Gasteiger partial charge in [0.25, 0.3) is 0 Å². The van der Waals surface area contributed by atoms with Gasteiger partial charge in [0.1, 0.15) is 23.0 Å². The molecule has 0 bridgehead atoms. The SMILES string of the molecule is c1c2ccccc2c#cc2cccc3c2c2c(cccc2c#1)C1(c2ccccc2Oc2ccccc21)C31c2ccccc2Oc2ccccc21. The minimum atomic E-state index is -0.817. The first-order chi connectivity index (χ1) is 24.8. The molecule has 0 aromatic heterocycles. The van der Waals surface area contributed by atoms with Gasteiger partial charge >= 0.3 is 0 Å². The Morgan fingerprint density at radius 1 is 0.280 bits per heavy atom. The Labute approximate surface area is 290 Å². The predicted molar refractivity (Wildman–Crippen MR) is 198 cm³/mol. The van der Waals surface area contributed by atoms with Gasteiger partial charge in [0.2, 0.25) is 0 Å². The lowest BCUT2D eigenvalue weighted by atomic mass is 9.43. The molecule has 8 aromatic carbocycles. The largest absolute Gasteiger partial charge is 0.457 e. The van der Waals surface area contributed by atoms with E-state index in [0.717, 1.165) is 88.7 Å². The zero-order valence-corrected chi connectivity index (χ0v) is 26.8. The van der Waals surface area contributed by atoms with Crippen LogP contribution in [0.5, 0.6) is 23.0 Å². The van der Waals surface area contributed by atoms with E-state index in [-0.39, 0.29) is 0 Å². The van der Waals surface area contributed by atoms with Crippen molar-refractivity contribution in [3.8, 4) is 23.0 Å². The molecule has 0 saturated heterocycles. The van der Waals surface area contributed by atoms with Gasteiger partial charge in [-0.25, -0.2) is 0 Å². The van der Waals surface area contributed by atoms with Gasteiger partial charge in [-0.3, -0.25) is 0 Å². The lowest BCUT2D eigenvalue weighted by molar-refractivity contribution is 0.322. The summed E-state index contributed by atoms with van der Waals surface area (Å²) in [4.78, 5) is 0. The molecular formula is C48H26O2. The van der Waals surface area contributed by atoms with Crippen LogP contribution >= 0.6 is 0 Å². The lowest BCUT2D eigenvalue weighted by Crippen LogP contribution is -2.56. The lowest BCUT2D eigenvalue weighted by Gasteiger charge is -2.58. The molecule has 3 aliphatic rings. The summed E-state index contributed by atoms with van der Waals surface area (Å²) in [7, 11) is 0. The van der Waals surface area contributed by atoms with Gasteiger partial charge in [-0.15, -0.1) is 0 Å². The first kappa shape index (κ1) is 27.2. The topological polar surface area (TPSA) is 18.5 Å². The second-order valence-corrected chi connectivity index (χ2v) is 13.2. The smallest absolute Gasteiger partial charge is 0.131 e. The van der Waals surface area contributed by atoms with Crippen LogP contribution < -0.4 is 9.47 Å². The van der Waals surface area contributed by atoms with Crippen molar-refractivity contribution in [2.24, 2.45) is 0 Å². The molecule has 2 nitrogen and oxygen atoms in total. The van der Waals surface area contributed by atoms with Crippen LogP contribution in [0.15, 0.2) is 158 Å². The Balaban J connectivity index is 1.51. The van der Waals surface area contributed by atoms with Crippen LogP contribution in [0.3, 0.4) is 0 Å². The fourth-order valence-electron chi connectivity index (χ4n) is 9.23. The molecule has 0 radical (unpaired) electrons. The molecule has 0 saturated carbocycles. The summed E-state index contributed by atoms with van der Waals surface area (Å²) in [5, 5.41) is 6.01. The summed E-state index contributed by atoms with van der Waals surface area (Å²) in [6.45, 7) is 0. The number of fused-ring (bicyclic) bond motifs is 12. The van der Waals surface area contributed by atoms with Crippen LogP contribution in [0.2, 0.25) is 0 Å². The highest BCUT2D eigenvalue weighted by Crippen LogP contribution is 2.71. The summed E-state index contributed by atoms with van der Waals surface area (Å²) in [5.41, 5.74) is 5.06. The molecule has 50 heavy (non-hydrogen) atoms. The quantitative estimate of drug-likeness (QED) is 0.165. The number of rotatable bonds is 0. The maximum atomic E-state index is 6.82. The average Bonchev–Trinajstić information content (AvgIpc) is 3.17. The standard InChI is InChI=1S/C48H26O2/c1-2-14-32-28-30-34-16-12-22-40-46(34)45-33(29-27-31(32)13-1)15-11-21-39(45)47(35-17-3-7-23-41(35)49-42-24-8-4-18-36(42)47)48(40)37-19-5-9-25-43(37)50-44-26-10-6-20-38(44)48/h1-26H. The minimum Gasteiger partial charge on any atom is -0.457 e. The predicted octanol–water partition coefficient (Wildman–Crippen LogP) is 11.4. The Morgan fingerprint density at radius 3 is 0.940 bits per heavy atom. The van der Waals surface area contributed by atoms with E-state index < -0.39 is 10.8 Å². The fraction of sp³-hybridized carbons (Fsp3) is 0.0417. The summed E-state index contributed by atoms with van der Waals surface area (Å²) < 4.78 is 13.6. The average molecular weight is 635 g/mol. The van der Waals surface area contributed by atoms with E-state index in [4.69, 9.17) is 9.47 Å². The van der Waals surface area contributed by atoms with Gasteiger partial charge < -0.3 is 9.47 Å². The van der Waals surface area contributed by atoms with Crippen LogP contribution in [-0.4, -0.2) is 0 Å². The first-order valence-corrected chi connectivity index (χ1v) is 16.9. The van der Waals surface area contributed by atoms with Crippen molar-refractivity contribution >= 4 is 32.3 Å². The molecule has 0 fully saturated rings. The summed E-state index contributed by atoms with van der Waals surface area (Å²) in [6.07, 6.45) is 0. The van der Waals surface area contributed by atoms with E-state index in [9.17, 15) is 0 Å². The second-order valence-electron chi connectivity index (χ2n) is 13.2. The zero-order valence-electron chi connectivity index (χ0n) is 26.8. The Kier molecular flexibility index (Phi) is 5.39. The third kappa shape index (κ3) is 3.26. The molecular weight excluding hydrogens is 609 g/mol. The molecule has 2 aliphatic heterocycles. The molecule has 1 aliphatic carbocycles. The fourth-order valence-corrected chi connectivity index (χ4v) is 9.23. The maximum absolute atomic E-state index is 6.82. The Bertz CT molecular complexity index is 2510. The van der Waals surface area contributed by atoms with Gasteiger partial charge in [0, 0.05) is 54.6 Å². The van der Waals surface area contributed by atoms with E-state index in [1.165, 1.54) is 0 Å². The van der Waals surface area contributed by atoms with Gasteiger partial charge in [-0.05, 0) is 59.7 Å². The van der Waals surface area contributed by atoms with Crippen molar-refractivity contribution in [2.45, 2.75) is 10.8 Å². The zero-order chi connectivity index (χ0) is 32.9. The maximum Gasteiger partial charge on any atom is 0.131 e. The molecule has 2 heteroatoms. The molecule has 230 valence electrons. The van der Waals surface area contributed by atoms with Crippen molar-refractivity contribution < 1.29 is 9.47 Å². The number of ether oxygens (including phenoxy) is 2. The third-order valence-electron chi connectivity index (χ3n) is 10.9. The molecule has 2 spiro atoms. The van der Waals surface area contributed by atoms with Crippen LogP contribution in [0.1, 0.15) is 33.4 Å². The monoisotopic (exact) mass is 634 g/mol. The van der Waals surface area contributed by atoms with E-state index in [1.807, 2.05) is 12.1 Å².